The summed E-state index contributed by atoms with van der Waals surface area (Å²) in [4.78, 5) is 21.6. The van der Waals surface area contributed by atoms with Gasteiger partial charge in [0.25, 0.3) is 0 Å². The molecule has 0 aromatic carbocycles. The van der Waals surface area contributed by atoms with Crippen molar-refractivity contribution in [2.75, 3.05) is 19.8 Å². The number of rotatable bonds is 7. The lowest BCUT2D eigenvalue weighted by atomic mass is 9.85. The Morgan fingerprint density at radius 1 is 0.941 bits per heavy atom. The van der Waals surface area contributed by atoms with Crippen LogP contribution in [0.5, 0.6) is 0 Å². The first-order chi connectivity index (χ1) is 7.74. The van der Waals surface area contributed by atoms with Crippen molar-refractivity contribution in [1.29, 1.82) is 0 Å². The number of unbranched alkanes of at least 4 members (excludes halogenated alkanes) is 2. The second-order valence-electron chi connectivity index (χ2n) is 3.94. The largest absolute Gasteiger partial charge is 0.466 e. The zero-order valence-electron chi connectivity index (χ0n) is 9.99. The Hall–Kier alpha value is -0.0100. The highest BCUT2D eigenvalue weighted by molar-refractivity contribution is 7.45. The Morgan fingerprint density at radius 3 is 1.53 bits per heavy atom. The van der Waals surface area contributed by atoms with E-state index < -0.39 is 13.2 Å². The lowest BCUT2D eigenvalue weighted by Gasteiger charge is -2.26. The summed E-state index contributed by atoms with van der Waals surface area (Å²) < 4.78 is 8.88. The van der Waals surface area contributed by atoms with Crippen LogP contribution in [0.15, 0.2) is 0 Å². The predicted molar refractivity (Wildman–Crippen MR) is 62.1 cm³/mol. The zero-order valence-corrected chi connectivity index (χ0v) is 10.9. The molecule has 0 unspecified atom stereocenters. The third-order valence-corrected chi connectivity index (χ3v) is 2.32. The fourth-order valence-corrected chi connectivity index (χ4v) is 1.14. The Kier molecular flexibility index (Phi) is 11.3. The third kappa shape index (κ3) is 13.9. The van der Waals surface area contributed by atoms with Crippen molar-refractivity contribution in [3.8, 4) is 0 Å². The van der Waals surface area contributed by atoms with E-state index in [1.807, 2.05) is 0 Å². The van der Waals surface area contributed by atoms with Crippen molar-refractivity contribution in [2.45, 2.75) is 32.6 Å². The van der Waals surface area contributed by atoms with Gasteiger partial charge in [0.15, 0.2) is 0 Å². The predicted octanol–water partition coefficient (Wildman–Crippen LogP) is -0.399. The standard InChI is InChI=1S/C9H20O3.H3O4P/c1-2-3-4-5-9(6-10,7-11)8-12;1-5(2,3)4/h10-12H,2-8H2,1H3;(H3,1,2,3,4). The maximum Gasteiger partial charge on any atom is 0.466 e. The van der Waals surface area contributed by atoms with Gasteiger partial charge in [-0.05, 0) is 6.42 Å². The minimum atomic E-state index is -4.64. The molecule has 7 nitrogen and oxygen atoms in total. The molecule has 0 saturated heterocycles. The maximum absolute atomic E-state index is 8.96. The Morgan fingerprint density at radius 2 is 1.29 bits per heavy atom. The van der Waals surface area contributed by atoms with Crippen LogP contribution in [-0.4, -0.2) is 49.8 Å². The topological polar surface area (TPSA) is 138 Å². The molecule has 0 aromatic rings. The van der Waals surface area contributed by atoms with Crippen molar-refractivity contribution < 1.29 is 34.6 Å². The SMILES string of the molecule is CCCCCC(CO)(CO)CO.O=P(O)(O)O. The van der Waals surface area contributed by atoms with Crippen LogP contribution in [-0.2, 0) is 4.57 Å². The summed E-state index contributed by atoms with van der Waals surface area (Å²) in [6.07, 6.45) is 3.85. The zero-order chi connectivity index (χ0) is 13.9. The Bertz CT molecular complexity index is 195. The van der Waals surface area contributed by atoms with Crippen LogP contribution in [0.3, 0.4) is 0 Å². The molecule has 0 fully saturated rings. The van der Waals surface area contributed by atoms with Gasteiger partial charge in [-0.25, -0.2) is 4.57 Å². The monoisotopic (exact) mass is 274 g/mol. The summed E-state index contributed by atoms with van der Waals surface area (Å²) in [5, 5.41) is 26.9. The first kappa shape index (κ1) is 19.3. The van der Waals surface area contributed by atoms with E-state index in [0.29, 0.717) is 6.42 Å². The minimum Gasteiger partial charge on any atom is -0.396 e. The fraction of sp³-hybridized carbons (Fsp3) is 1.00. The molecule has 106 valence electrons. The quantitative estimate of drug-likeness (QED) is 0.274. The first-order valence-corrected chi connectivity index (χ1v) is 6.92. The summed E-state index contributed by atoms with van der Waals surface area (Å²) >= 11 is 0. The second-order valence-corrected chi connectivity index (χ2v) is 4.97. The minimum absolute atomic E-state index is 0.135. The van der Waals surface area contributed by atoms with Gasteiger partial charge in [-0.15, -0.1) is 0 Å². The normalized spacial score (nSPS) is 11.9. The third-order valence-electron chi connectivity index (χ3n) is 2.32. The van der Waals surface area contributed by atoms with Gasteiger partial charge in [0.05, 0.1) is 19.8 Å². The van der Waals surface area contributed by atoms with Crippen LogP contribution >= 0.6 is 7.82 Å². The number of aliphatic hydroxyl groups excluding tert-OH is 3. The van der Waals surface area contributed by atoms with Crippen molar-refractivity contribution in [2.24, 2.45) is 5.41 Å². The van der Waals surface area contributed by atoms with E-state index in [9.17, 15) is 0 Å². The Balaban J connectivity index is 0. The van der Waals surface area contributed by atoms with Gasteiger partial charge in [-0.2, -0.15) is 0 Å². The average molecular weight is 274 g/mol. The molecule has 0 aliphatic carbocycles. The molecule has 0 saturated carbocycles. The van der Waals surface area contributed by atoms with Gasteiger partial charge in [0.1, 0.15) is 0 Å². The van der Waals surface area contributed by atoms with Gasteiger partial charge in [-0.3, -0.25) is 0 Å². The van der Waals surface area contributed by atoms with Crippen LogP contribution in [0.1, 0.15) is 32.6 Å². The second kappa shape index (κ2) is 9.96. The molecular formula is C9H23O7P. The van der Waals surface area contributed by atoms with Crippen LogP contribution in [0.25, 0.3) is 0 Å². The van der Waals surface area contributed by atoms with E-state index >= 15 is 0 Å². The molecule has 8 heteroatoms. The van der Waals surface area contributed by atoms with Crippen LogP contribution < -0.4 is 0 Å². The van der Waals surface area contributed by atoms with E-state index in [-0.39, 0.29) is 19.8 Å². The van der Waals surface area contributed by atoms with Crippen LogP contribution in [0.4, 0.5) is 0 Å². The highest BCUT2D eigenvalue weighted by Gasteiger charge is 2.26. The highest BCUT2D eigenvalue weighted by atomic mass is 31.2. The number of aliphatic hydroxyl groups is 3. The lowest BCUT2D eigenvalue weighted by Crippen LogP contribution is -2.33. The molecule has 6 N–H and O–H groups in total. The van der Waals surface area contributed by atoms with Crippen LogP contribution in [0, 0.1) is 5.41 Å². The van der Waals surface area contributed by atoms with Gasteiger partial charge >= 0.3 is 7.82 Å². The van der Waals surface area contributed by atoms with Crippen molar-refractivity contribution in [3.63, 3.8) is 0 Å². The highest BCUT2D eigenvalue weighted by Crippen LogP contribution is 2.25. The molecule has 0 aliphatic rings. The first-order valence-electron chi connectivity index (χ1n) is 5.35. The van der Waals surface area contributed by atoms with E-state index in [1.165, 1.54) is 0 Å². The molecular weight excluding hydrogens is 251 g/mol. The van der Waals surface area contributed by atoms with Crippen molar-refractivity contribution in [3.05, 3.63) is 0 Å². The molecule has 0 amide bonds. The molecule has 0 bridgehead atoms. The smallest absolute Gasteiger partial charge is 0.396 e. The summed E-state index contributed by atoms with van der Waals surface area (Å²) in [6.45, 7) is 1.69. The lowest BCUT2D eigenvalue weighted by molar-refractivity contribution is -0.00222. The van der Waals surface area contributed by atoms with Gasteiger partial charge in [0.2, 0.25) is 0 Å². The summed E-state index contributed by atoms with van der Waals surface area (Å²) in [7, 11) is -4.64. The summed E-state index contributed by atoms with van der Waals surface area (Å²) in [5.74, 6) is 0. The van der Waals surface area contributed by atoms with E-state index in [0.717, 1.165) is 19.3 Å². The van der Waals surface area contributed by atoms with Crippen molar-refractivity contribution in [1.82, 2.24) is 0 Å². The van der Waals surface area contributed by atoms with Gasteiger partial charge in [-0.1, -0.05) is 26.2 Å². The van der Waals surface area contributed by atoms with E-state index in [2.05, 4.69) is 6.92 Å². The fourth-order valence-electron chi connectivity index (χ4n) is 1.14. The van der Waals surface area contributed by atoms with E-state index in [1.54, 1.807) is 0 Å². The molecule has 17 heavy (non-hydrogen) atoms. The molecule has 0 atom stereocenters. The summed E-state index contributed by atoms with van der Waals surface area (Å²) in [6, 6.07) is 0. The molecule has 0 aliphatic heterocycles. The molecule has 0 radical (unpaired) electrons. The molecule has 0 heterocycles. The number of hydrogen-bond donors (Lipinski definition) is 6. The van der Waals surface area contributed by atoms with Crippen LogP contribution in [0.2, 0.25) is 0 Å². The molecule has 0 aromatic heterocycles. The Labute approximate surface area is 101 Å². The van der Waals surface area contributed by atoms with Gasteiger partial charge < -0.3 is 30.0 Å². The summed E-state index contributed by atoms with van der Waals surface area (Å²) in [5.41, 5.74) is -0.658. The van der Waals surface area contributed by atoms with E-state index in [4.69, 9.17) is 34.6 Å². The molecule has 0 spiro atoms. The number of phosphoric acid groups is 1. The van der Waals surface area contributed by atoms with Crippen molar-refractivity contribution >= 4 is 7.82 Å². The molecule has 0 rings (SSSR count). The number of hydrogen-bond acceptors (Lipinski definition) is 4. The average Bonchev–Trinajstić information content (AvgIpc) is 2.23. The van der Waals surface area contributed by atoms with Gasteiger partial charge in [0, 0.05) is 5.41 Å². The maximum atomic E-state index is 8.96.